The van der Waals surface area contributed by atoms with E-state index in [-0.39, 0.29) is 35.4 Å². The van der Waals surface area contributed by atoms with Crippen molar-refractivity contribution in [3.63, 3.8) is 0 Å². The first-order chi connectivity index (χ1) is 40.4. The van der Waals surface area contributed by atoms with Gasteiger partial charge in [-0.05, 0) is 163 Å². The zero-order chi connectivity index (χ0) is 54.8. The molecule has 16 rings (SSSR count). The minimum atomic E-state index is -0.611. The molecule has 0 radical (unpaired) electrons. The fourth-order valence-electron chi connectivity index (χ4n) is 13.1. The standard InChI is InChI=1S/C75H49N3/c1-3-20-55(21-4-1)76(59-42-44-65-64-27-11-15-31-70(64)75(71(65)48-59)68-29-13-9-25-62(68)63-26-10-14-30-69(63)75)57-39-36-50(37-40-57)52-34-35-54-47-58(41-38-53(54)46-52)77(72-33-17-19-51-18-7-8-24-61(51)72)60-43-45-67-66-28-12-16-32-73(66)78(74(67)49-60)56-22-5-2-6-23-56/h1-49H/i36D,37D,39D,40D. The molecular formula is C75H49N3. The van der Waals surface area contributed by atoms with Crippen molar-refractivity contribution in [2.45, 2.75) is 5.41 Å². The number of hydrogen-bond donors (Lipinski definition) is 0. The lowest BCUT2D eigenvalue weighted by atomic mass is 9.70. The van der Waals surface area contributed by atoms with Crippen molar-refractivity contribution in [2.75, 3.05) is 9.80 Å². The van der Waals surface area contributed by atoms with Crippen LogP contribution in [0.2, 0.25) is 0 Å². The van der Waals surface area contributed by atoms with Gasteiger partial charge in [0.25, 0.3) is 0 Å². The monoisotopic (exact) mass is 995 g/mol. The zero-order valence-corrected chi connectivity index (χ0v) is 42.3. The molecule has 0 atom stereocenters. The highest BCUT2D eigenvalue weighted by Crippen LogP contribution is 2.63. The van der Waals surface area contributed by atoms with E-state index in [0.717, 1.165) is 77.8 Å². The molecule has 0 bridgehead atoms. The lowest BCUT2D eigenvalue weighted by molar-refractivity contribution is 0.793. The van der Waals surface area contributed by atoms with Crippen LogP contribution in [0.4, 0.5) is 34.1 Å². The Balaban J connectivity index is 0.825. The fourth-order valence-corrected chi connectivity index (χ4v) is 13.1. The maximum Gasteiger partial charge on any atom is 0.0726 e. The number of para-hydroxylation sites is 3. The van der Waals surface area contributed by atoms with Crippen LogP contribution in [-0.2, 0) is 5.41 Å². The van der Waals surface area contributed by atoms with Gasteiger partial charge >= 0.3 is 0 Å². The first kappa shape index (κ1) is 40.1. The van der Waals surface area contributed by atoms with Crippen molar-refractivity contribution in [3.8, 4) is 39.1 Å². The van der Waals surface area contributed by atoms with E-state index in [9.17, 15) is 5.48 Å². The van der Waals surface area contributed by atoms with E-state index < -0.39 is 5.41 Å². The summed E-state index contributed by atoms with van der Waals surface area (Å²) in [6, 6.07) is 95.2. The highest BCUT2D eigenvalue weighted by Gasteiger charge is 2.51. The largest absolute Gasteiger partial charge is 0.310 e. The Morgan fingerprint density at radius 3 is 1.58 bits per heavy atom. The summed E-state index contributed by atoms with van der Waals surface area (Å²) in [7, 11) is 0. The summed E-state index contributed by atoms with van der Waals surface area (Å²) in [5.74, 6) is 0. The fraction of sp³-hybridized carbons (Fsp3) is 0.0133. The molecule has 364 valence electrons. The van der Waals surface area contributed by atoms with Crippen LogP contribution in [0.1, 0.15) is 27.7 Å². The van der Waals surface area contributed by atoms with Gasteiger partial charge in [-0.2, -0.15) is 0 Å². The molecule has 0 fully saturated rings. The molecule has 0 amide bonds. The normalized spacial score (nSPS) is 13.4. The minimum Gasteiger partial charge on any atom is -0.310 e. The van der Waals surface area contributed by atoms with Gasteiger partial charge < -0.3 is 14.4 Å². The highest BCUT2D eigenvalue weighted by molar-refractivity contribution is 6.11. The second-order valence-electron chi connectivity index (χ2n) is 20.5. The molecule has 0 saturated carbocycles. The predicted octanol–water partition coefficient (Wildman–Crippen LogP) is 20.0. The van der Waals surface area contributed by atoms with Crippen LogP contribution in [0.3, 0.4) is 0 Å². The number of anilines is 6. The van der Waals surface area contributed by atoms with Crippen molar-refractivity contribution in [2.24, 2.45) is 0 Å². The number of rotatable bonds is 8. The molecule has 1 spiro atoms. The average Bonchev–Trinajstić information content (AvgIpc) is 1.99. The second-order valence-corrected chi connectivity index (χ2v) is 20.5. The molecule has 0 aliphatic heterocycles. The third kappa shape index (κ3) is 6.58. The molecule has 1 heterocycles. The SMILES string of the molecule is [2H]c1c([2H])c(N(c2ccccc2)c2ccc3c(c2)C2(c4ccccc4-c4ccccc42)c2ccccc2-3)c([2H])c([2H])c1-c1ccc2cc(N(c3ccc4c5ccccc5n(-c5ccccc5)c4c3)c3cccc4ccccc34)ccc2c1. The lowest BCUT2D eigenvalue weighted by Crippen LogP contribution is -2.26. The van der Waals surface area contributed by atoms with Crippen LogP contribution in [0, 0.1) is 0 Å². The first-order valence-electron chi connectivity index (χ1n) is 28.7. The number of nitrogens with zero attached hydrogens (tertiary/aromatic N) is 3. The van der Waals surface area contributed by atoms with Crippen molar-refractivity contribution in [3.05, 3.63) is 319 Å². The topological polar surface area (TPSA) is 11.4 Å². The van der Waals surface area contributed by atoms with E-state index in [2.05, 4.69) is 234 Å². The molecule has 0 saturated heterocycles. The van der Waals surface area contributed by atoms with Gasteiger partial charge in [0.05, 0.1) is 27.6 Å². The Morgan fingerprint density at radius 2 is 0.833 bits per heavy atom. The van der Waals surface area contributed by atoms with Crippen LogP contribution in [0.15, 0.2) is 297 Å². The summed E-state index contributed by atoms with van der Waals surface area (Å²) in [6.45, 7) is 0. The molecule has 3 heteroatoms. The van der Waals surface area contributed by atoms with E-state index in [1.54, 1.807) is 0 Å². The average molecular weight is 996 g/mol. The molecule has 13 aromatic carbocycles. The Bertz CT molecular complexity index is 4850. The molecule has 2 aliphatic rings. The first-order valence-corrected chi connectivity index (χ1v) is 26.7. The molecular weight excluding hydrogens is 943 g/mol. The Labute approximate surface area is 459 Å². The third-order valence-corrected chi connectivity index (χ3v) is 16.4. The van der Waals surface area contributed by atoms with Crippen LogP contribution in [0.5, 0.6) is 0 Å². The molecule has 0 N–H and O–H groups in total. The van der Waals surface area contributed by atoms with Crippen molar-refractivity contribution in [1.29, 1.82) is 0 Å². The van der Waals surface area contributed by atoms with Gasteiger partial charge in [0.15, 0.2) is 0 Å². The van der Waals surface area contributed by atoms with Crippen molar-refractivity contribution in [1.82, 2.24) is 4.57 Å². The third-order valence-electron chi connectivity index (χ3n) is 16.4. The predicted molar refractivity (Wildman–Crippen MR) is 327 cm³/mol. The molecule has 3 nitrogen and oxygen atoms in total. The van der Waals surface area contributed by atoms with E-state index in [4.69, 9.17) is 0 Å². The van der Waals surface area contributed by atoms with Gasteiger partial charge in [0, 0.05) is 50.3 Å². The van der Waals surface area contributed by atoms with E-state index in [1.807, 2.05) is 53.4 Å². The summed E-state index contributed by atoms with van der Waals surface area (Å²) in [4.78, 5) is 4.25. The molecule has 1 aromatic heterocycles. The summed E-state index contributed by atoms with van der Waals surface area (Å²) in [5, 5.41) is 6.51. The van der Waals surface area contributed by atoms with Gasteiger partial charge in [-0.25, -0.2) is 0 Å². The minimum absolute atomic E-state index is 0.109. The smallest absolute Gasteiger partial charge is 0.0726 e. The van der Waals surface area contributed by atoms with E-state index in [0.29, 0.717) is 5.56 Å². The summed E-state index contributed by atoms with van der Waals surface area (Å²) >= 11 is 0. The zero-order valence-electron chi connectivity index (χ0n) is 46.3. The van der Waals surface area contributed by atoms with Gasteiger partial charge in [-0.15, -0.1) is 0 Å². The van der Waals surface area contributed by atoms with Crippen LogP contribution in [-0.4, -0.2) is 4.57 Å². The van der Waals surface area contributed by atoms with E-state index >= 15 is 0 Å². The molecule has 78 heavy (non-hydrogen) atoms. The van der Waals surface area contributed by atoms with Crippen LogP contribution < -0.4 is 9.80 Å². The maximum atomic E-state index is 9.93. The van der Waals surface area contributed by atoms with Crippen molar-refractivity contribution < 1.29 is 5.48 Å². The Morgan fingerprint density at radius 1 is 0.295 bits per heavy atom. The quantitative estimate of drug-likeness (QED) is 0.150. The van der Waals surface area contributed by atoms with Crippen LogP contribution >= 0.6 is 0 Å². The molecule has 2 aliphatic carbocycles. The van der Waals surface area contributed by atoms with Crippen LogP contribution in [0.25, 0.3) is 82.4 Å². The molecule has 14 aromatic rings. The summed E-state index contributed by atoms with van der Waals surface area (Å²) in [5.41, 5.74) is 17.7. The highest BCUT2D eigenvalue weighted by atomic mass is 15.2. The number of hydrogen-bond acceptors (Lipinski definition) is 2. The summed E-state index contributed by atoms with van der Waals surface area (Å²) in [6.07, 6.45) is 0. The van der Waals surface area contributed by atoms with Gasteiger partial charge in [0.1, 0.15) is 0 Å². The van der Waals surface area contributed by atoms with E-state index in [1.165, 1.54) is 44.2 Å². The van der Waals surface area contributed by atoms with Gasteiger partial charge in [-0.1, -0.05) is 206 Å². The Hall–Kier alpha value is -10.2. The number of benzene rings is 13. The maximum absolute atomic E-state index is 9.93. The van der Waals surface area contributed by atoms with Gasteiger partial charge in [-0.3, -0.25) is 0 Å². The lowest BCUT2D eigenvalue weighted by Gasteiger charge is -2.32. The van der Waals surface area contributed by atoms with Gasteiger partial charge in [0.2, 0.25) is 0 Å². The summed E-state index contributed by atoms with van der Waals surface area (Å²) < 4.78 is 41.9. The van der Waals surface area contributed by atoms with Crippen molar-refractivity contribution >= 4 is 77.5 Å². The molecule has 0 unspecified atom stereocenters. The Kier molecular flexibility index (Phi) is 8.97. The number of aromatic nitrogens is 1. The number of fused-ring (bicyclic) bond motifs is 15. The second kappa shape index (κ2) is 17.4.